The predicted octanol–water partition coefficient (Wildman–Crippen LogP) is 1.61. The molecule has 2 rings (SSSR count). The number of piperidine rings is 1. The van der Waals surface area contributed by atoms with Gasteiger partial charge in [-0.1, -0.05) is 11.6 Å². The van der Waals surface area contributed by atoms with Crippen molar-refractivity contribution in [3.63, 3.8) is 0 Å². The fraction of sp³-hybridized carbons (Fsp3) is 0.462. The van der Waals surface area contributed by atoms with Gasteiger partial charge in [0.05, 0.1) is 17.5 Å². The van der Waals surface area contributed by atoms with E-state index in [0.717, 1.165) is 36.9 Å². The van der Waals surface area contributed by atoms with Crippen LogP contribution in [0.5, 0.6) is 0 Å². The van der Waals surface area contributed by atoms with Crippen molar-refractivity contribution in [2.24, 2.45) is 11.7 Å². The molecule has 19 heavy (non-hydrogen) atoms. The van der Waals surface area contributed by atoms with Gasteiger partial charge in [-0.05, 0) is 12.8 Å². The molecule has 1 aromatic heterocycles. The van der Waals surface area contributed by atoms with Crippen LogP contribution in [0.1, 0.15) is 12.8 Å². The van der Waals surface area contributed by atoms with E-state index in [0.29, 0.717) is 5.02 Å². The molecule has 1 aliphatic heterocycles. The Hall–Kier alpha value is -1.12. The highest BCUT2D eigenvalue weighted by Crippen LogP contribution is 2.32. The van der Waals surface area contributed by atoms with E-state index in [2.05, 4.69) is 22.8 Å². The molecule has 0 aromatic carbocycles. The molecule has 1 unspecified atom stereocenters. The smallest absolute Gasteiger partial charge is 0.220 e. The topological polar surface area (TPSA) is 59.2 Å². The number of primary amides is 1. The molecule has 1 saturated heterocycles. The maximum absolute atomic E-state index is 11.2. The third-order valence-electron chi connectivity index (χ3n) is 3.48. The SMILES string of the molecule is C=[P+](C)c1cncc(Cl)c1N1CCC(C(N)=O)CC1. The Morgan fingerprint density at radius 2 is 2.16 bits per heavy atom. The molecule has 2 N–H and O–H groups in total. The van der Waals surface area contributed by atoms with Crippen LogP contribution in [0, 0.1) is 5.92 Å². The second kappa shape index (κ2) is 5.89. The van der Waals surface area contributed by atoms with Crippen molar-refractivity contribution in [1.29, 1.82) is 0 Å². The van der Waals surface area contributed by atoms with Gasteiger partial charge in [0.25, 0.3) is 0 Å². The highest BCUT2D eigenvalue weighted by atomic mass is 35.5. The van der Waals surface area contributed by atoms with E-state index in [9.17, 15) is 4.79 Å². The number of nitrogens with two attached hydrogens (primary N) is 1. The molecule has 0 aliphatic carbocycles. The van der Waals surface area contributed by atoms with Crippen LogP contribution in [0.4, 0.5) is 5.69 Å². The van der Waals surface area contributed by atoms with Crippen molar-refractivity contribution in [3.05, 3.63) is 17.4 Å². The maximum atomic E-state index is 11.2. The van der Waals surface area contributed by atoms with Crippen molar-refractivity contribution >= 4 is 42.3 Å². The number of nitrogens with zero attached hydrogens (tertiary/aromatic N) is 2. The Morgan fingerprint density at radius 3 is 2.68 bits per heavy atom. The van der Waals surface area contributed by atoms with E-state index in [1.165, 1.54) is 0 Å². The third-order valence-corrected chi connectivity index (χ3v) is 4.90. The monoisotopic (exact) mass is 298 g/mol. The Balaban J connectivity index is 2.24. The van der Waals surface area contributed by atoms with Crippen LogP contribution in [0.2, 0.25) is 5.02 Å². The lowest BCUT2D eigenvalue weighted by atomic mass is 9.96. The van der Waals surface area contributed by atoms with Crippen LogP contribution in [0.25, 0.3) is 0 Å². The van der Waals surface area contributed by atoms with E-state index >= 15 is 0 Å². The maximum Gasteiger partial charge on any atom is 0.220 e. The molecular weight excluding hydrogens is 281 g/mol. The quantitative estimate of drug-likeness (QED) is 0.863. The third kappa shape index (κ3) is 3.07. The molecule has 1 aromatic rings. The van der Waals surface area contributed by atoms with Gasteiger partial charge in [-0.15, -0.1) is 0 Å². The van der Waals surface area contributed by atoms with Gasteiger partial charge in [-0.3, -0.25) is 9.78 Å². The van der Waals surface area contributed by atoms with Gasteiger partial charge in [-0.2, -0.15) is 0 Å². The highest BCUT2D eigenvalue weighted by Gasteiger charge is 2.28. The van der Waals surface area contributed by atoms with Crippen molar-refractivity contribution in [1.82, 2.24) is 4.98 Å². The fourth-order valence-corrected chi connectivity index (χ4v) is 3.63. The van der Waals surface area contributed by atoms with E-state index < -0.39 is 7.55 Å². The summed E-state index contributed by atoms with van der Waals surface area (Å²) >= 11 is 6.29. The lowest BCUT2D eigenvalue weighted by Gasteiger charge is -2.32. The number of carbonyl (C=O) groups is 1. The number of amides is 1. The number of pyridine rings is 1. The number of aromatic nitrogens is 1. The molecule has 1 atom stereocenters. The summed E-state index contributed by atoms with van der Waals surface area (Å²) in [5.74, 6) is -0.209. The summed E-state index contributed by atoms with van der Waals surface area (Å²) in [5, 5.41) is 1.77. The van der Waals surface area contributed by atoms with Crippen molar-refractivity contribution in [2.75, 3.05) is 24.7 Å². The Morgan fingerprint density at radius 1 is 1.53 bits per heavy atom. The van der Waals surface area contributed by atoms with Crippen LogP contribution in [0.3, 0.4) is 0 Å². The molecule has 1 aliphatic rings. The van der Waals surface area contributed by atoms with Gasteiger partial charge in [0.2, 0.25) is 5.91 Å². The van der Waals surface area contributed by atoms with E-state index in [4.69, 9.17) is 17.3 Å². The van der Waals surface area contributed by atoms with E-state index in [1.807, 2.05) is 6.20 Å². The fourth-order valence-electron chi connectivity index (χ4n) is 2.40. The second-order valence-electron chi connectivity index (χ2n) is 4.85. The number of rotatable bonds is 3. The molecule has 0 saturated carbocycles. The van der Waals surface area contributed by atoms with Gasteiger partial charge in [0.15, 0.2) is 5.30 Å². The molecule has 1 fully saturated rings. The molecule has 6 heteroatoms. The summed E-state index contributed by atoms with van der Waals surface area (Å²) in [7, 11) is -0.511. The number of carbonyl (C=O) groups excluding carboxylic acids is 1. The van der Waals surface area contributed by atoms with Gasteiger partial charge in [-0.25, -0.2) is 0 Å². The summed E-state index contributed by atoms with van der Waals surface area (Å²) in [6.07, 6.45) is 9.20. The van der Waals surface area contributed by atoms with E-state index in [-0.39, 0.29) is 11.8 Å². The lowest BCUT2D eigenvalue weighted by Crippen LogP contribution is -2.40. The first-order valence-electron chi connectivity index (χ1n) is 6.22. The summed E-state index contributed by atoms with van der Waals surface area (Å²) in [4.78, 5) is 17.6. The summed E-state index contributed by atoms with van der Waals surface area (Å²) < 4.78 is 0. The number of hydrogen-bond acceptors (Lipinski definition) is 3. The van der Waals surface area contributed by atoms with Crippen LogP contribution >= 0.6 is 19.1 Å². The van der Waals surface area contributed by atoms with Crippen LogP contribution < -0.4 is 15.9 Å². The normalized spacial score (nSPS) is 17.4. The summed E-state index contributed by atoms with van der Waals surface area (Å²) in [6, 6.07) is 0. The standard InChI is InChI=1S/C13H17ClN3OP/c1-19(2)11-8-16-7-10(14)12(11)17-5-3-9(4-6-17)13(15)18/h7-9H,1,3-6H2,2H3,(H-,15,18)/p+1. The highest BCUT2D eigenvalue weighted by molar-refractivity contribution is 7.63. The summed E-state index contributed by atoms with van der Waals surface area (Å²) in [5.41, 5.74) is 6.39. The molecule has 0 radical (unpaired) electrons. The van der Waals surface area contributed by atoms with Crippen molar-refractivity contribution in [3.8, 4) is 0 Å². The van der Waals surface area contributed by atoms with Crippen LogP contribution in [0.15, 0.2) is 12.4 Å². The van der Waals surface area contributed by atoms with Crippen LogP contribution in [-0.2, 0) is 4.79 Å². The van der Waals surface area contributed by atoms with Crippen LogP contribution in [-0.4, -0.2) is 36.9 Å². The number of anilines is 1. The molecule has 1 amide bonds. The van der Waals surface area contributed by atoms with Gasteiger partial charge in [0.1, 0.15) is 19.9 Å². The average molecular weight is 299 g/mol. The van der Waals surface area contributed by atoms with Gasteiger partial charge >= 0.3 is 0 Å². The predicted molar refractivity (Wildman–Crippen MR) is 83.0 cm³/mol. The first-order chi connectivity index (χ1) is 9.00. The zero-order valence-corrected chi connectivity index (χ0v) is 12.6. The number of hydrogen-bond donors (Lipinski definition) is 1. The second-order valence-corrected chi connectivity index (χ2v) is 7.14. The van der Waals surface area contributed by atoms with Gasteiger partial charge < -0.3 is 10.6 Å². The Labute approximate surface area is 119 Å². The first kappa shape index (κ1) is 14.3. The summed E-state index contributed by atoms with van der Waals surface area (Å²) in [6.45, 7) is 3.68. The molecule has 0 spiro atoms. The Bertz CT molecular complexity index is 513. The first-order valence-corrected chi connectivity index (χ1v) is 8.58. The molecule has 2 heterocycles. The van der Waals surface area contributed by atoms with E-state index in [1.54, 1.807) is 6.20 Å². The zero-order chi connectivity index (χ0) is 14.0. The molecule has 0 bridgehead atoms. The lowest BCUT2D eigenvalue weighted by molar-refractivity contribution is -0.122. The van der Waals surface area contributed by atoms with Gasteiger partial charge in [0, 0.05) is 25.2 Å². The Kier molecular flexibility index (Phi) is 4.43. The van der Waals surface area contributed by atoms with Crippen molar-refractivity contribution < 1.29 is 4.79 Å². The average Bonchev–Trinajstić information content (AvgIpc) is 2.38. The number of halogens is 1. The minimum atomic E-state index is -0.511. The zero-order valence-electron chi connectivity index (χ0n) is 11.0. The molecule has 102 valence electrons. The minimum absolute atomic E-state index is 0.0109. The largest absolute Gasteiger partial charge is 0.369 e. The minimum Gasteiger partial charge on any atom is -0.369 e. The molecular formula is C13H18ClN3OP+. The molecule has 4 nitrogen and oxygen atoms in total. The van der Waals surface area contributed by atoms with Crippen molar-refractivity contribution in [2.45, 2.75) is 12.8 Å².